The zero-order valence-electron chi connectivity index (χ0n) is 29.4. The van der Waals surface area contributed by atoms with Gasteiger partial charge < -0.3 is 25.4 Å². The van der Waals surface area contributed by atoms with Gasteiger partial charge in [0, 0.05) is 35.8 Å². The number of carbonyl (C=O) groups excluding carboxylic acids is 2. The Bertz CT molecular complexity index is 1450. The lowest BCUT2D eigenvalue weighted by Crippen LogP contribution is -2.69. The number of ether oxygens (including phenoxy) is 1. The summed E-state index contributed by atoms with van der Waals surface area (Å²) in [4.78, 5) is 28.5. The Kier molecular flexibility index (Phi) is 8.07. The summed E-state index contributed by atoms with van der Waals surface area (Å²) in [6.07, 6.45) is 2.96. The predicted molar refractivity (Wildman–Crippen MR) is 178 cm³/mol. The average molecular weight is 636 g/mol. The van der Waals surface area contributed by atoms with Crippen molar-refractivity contribution in [2.75, 3.05) is 6.54 Å². The number of Topliss-reactive ketones (excluding diaryl/α,β-unsaturated/α-hetero) is 2. The fourth-order valence-corrected chi connectivity index (χ4v) is 11.9. The molecule has 46 heavy (non-hydrogen) atoms. The fourth-order valence-electron chi connectivity index (χ4n) is 11.9. The van der Waals surface area contributed by atoms with Crippen molar-refractivity contribution in [3.63, 3.8) is 0 Å². The summed E-state index contributed by atoms with van der Waals surface area (Å²) in [7, 11) is 0. The van der Waals surface area contributed by atoms with Crippen molar-refractivity contribution in [1.82, 2.24) is 5.32 Å². The van der Waals surface area contributed by atoms with Crippen molar-refractivity contribution in [3.05, 3.63) is 41.0 Å². The number of benzene rings is 1. The number of hydrogen-bond acceptors (Lipinski definition) is 7. The van der Waals surface area contributed by atoms with Crippen LogP contribution in [0.25, 0.3) is 0 Å². The third-order valence-electron chi connectivity index (χ3n) is 13.9. The predicted octanol–water partition coefficient (Wildman–Crippen LogP) is 6.10. The van der Waals surface area contributed by atoms with Crippen LogP contribution in [0.5, 0.6) is 5.75 Å². The molecule has 1 saturated heterocycles. The third kappa shape index (κ3) is 4.97. The Morgan fingerprint density at radius 2 is 1.70 bits per heavy atom. The van der Waals surface area contributed by atoms with Crippen LogP contribution in [-0.4, -0.2) is 63.4 Å². The largest absolute Gasteiger partial charge is 0.508 e. The number of hydrogen-bond donors (Lipinski definition) is 4. The number of epoxide rings is 1. The molecule has 1 heterocycles. The van der Waals surface area contributed by atoms with E-state index in [0.29, 0.717) is 25.8 Å². The van der Waals surface area contributed by atoms with Gasteiger partial charge in [0.05, 0.1) is 17.8 Å². The van der Waals surface area contributed by atoms with Gasteiger partial charge in [0.25, 0.3) is 0 Å². The van der Waals surface area contributed by atoms with Crippen molar-refractivity contribution < 1.29 is 29.6 Å². The summed E-state index contributed by atoms with van der Waals surface area (Å²) >= 11 is 0. The second-order valence-electron chi connectivity index (χ2n) is 17.7. The summed E-state index contributed by atoms with van der Waals surface area (Å²) in [5.74, 6) is 0.523. The lowest BCUT2D eigenvalue weighted by atomic mass is 9.34. The molecule has 3 saturated carbocycles. The molecule has 1 aromatic carbocycles. The number of allylic oxidation sites excluding steroid dienone is 2. The Morgan fingerprint density at radius 1 is 1.02 bits per heavy atom. The standard InChI is InChI=1S/C39H57NO6/c1-21(15-28(43)34-36(5,6)46-34)31-26-13-14-30-37(7)17-25(23-11-10-12-24(42)16-23)33(45)35(3,4)32(37)27(40-20-22(2)41)18-39(30,9)38(26,8)19-29(31)44/h10-12,16,21-22,25,27-28,30,32,34,40-43H,13-15,17-20H2,1-9H3/t21-,22+,25+,27-,28-,30-,32+,34-,37+,38+,39+/m1/s1. The number of aliphatic hydroxyl groups excluding tert-OH is 2. The number of aliphatic hydroxyl groups is 2. The van der Waals surface area contributed by atoms with E-state index in [2.05, 4.69) is 46.9 Å². The molecule has 0 aromatic heterocycles. The number of nitrogens with one attached hydrogen (secondary N) is 1. The van der Waals surface area contributed by atoms with E-state index in [-0.39, 0.29) is 75.0 Å². The van der Waals surface area contributed by atoms with E-state index in [1.165, 1.54) is 5.57 Å². The smallest absolute Gasteiger partial charge is 0.159 e. The van der Waals surface area contributed by atoms with Gasteiger partial charge in [0.1, 0.15) is 17.6 Å². The number of fused-ring (bicyclic) bond motifs is 5. The quantitative estimate of drug-likeness (QED) is 0.255. The minimum absolute atomic E-state index is 0.0197. The molecule has 0 radical (unpaired) electrons. The van der Waals surface area contributed by atoms with E-state index >= 15 is 0 Å². The topological polar surface area (TPSA) is 119 Å². The number of rotatable bonds is 8. The Labute approximate surface area is 275 Å². The van der Waals surface area contributed by atoms with Crippen LogP contribution in [0.15, 0.2) is 35.4 Å². The lowest BCUT2D eigenvalue weighted by molar-refractivity contribution is -0.193. The number of aromatic hydroxyl groups is 1. The first-order valence-corrected chi connectivity index (χ1v) is 17.6. The van der Waals surface area contributed by atoms with E-state index in [4.69, 9.17) is 4.74 Å². The monoisotopic (exact) mass is 635 g/mol. The van der Waals surface area contributed by atoms with Crippen LogP contribution in [0.3, 0.4) is 0 Å². The van der Waals surface area contributed by atoms with Crippen LogP contribution < -0.4 is 5.32 Å². The van der Waals surface area contributed by atoms with Crippen molar-refractivity contribution in [2.45, 2.75) is 137 Å². The highest BCUT2D eigenvalue weighted by molar-refractivity contribution is 6.00. The highest BCUT2D eigenvalue weighted by atomic mass is 16.6. The first-order valence-electron chi connectivity index (χ1n) is 17.6. The van der Waals surface area contributed by atoms with Crippen LogP contribution in [0.1, 0.15) is 112 Å². The number of ketones is 2. The highest BCUT2D eigenvalue weighted by Gasteiger charge is 2.71. The van der Waals surface area contributed by atoms with E-state index in [0.717, 1.165) is 30.4 Å². The normalized spacial score (nSPS) is 41.3. The van der Waals surface area contributed by atoms with Crippen LogP contribution in [-0.2, 0) is 14.3 Å². The maximum Gasteiger partial charge on any atom is 0.159 e. The van der Waals surface area contributed by atoms with Gasteiger partial charge in [-0.2, -0.15) is 0 Å². The molecule has 4 aliphatic carbocycles. The zero-order chi connectivity index (χ0) is 33.8. The van der Waals surface area contributed by atoms with Gasteiger partial charge >= 0.3 is 0 Å². The van der Waals surface area contributed by atoms with Crippen LogP contribution in [0, 0.1) is 39.4 Å². The highest BCUT2D eigenvalue weighted by Crippen LogP contribution is 2.74. The molecule has 254 valence electrons. The third-order valence-corrected chi connectivity index (χ3v) is 13.9. The molecule has 1 aliphatic heterocycles. The van der Waals surface area contributed by atoms with Crippen molar-refractivity contribution >= 4 is 11.6 Å². The summed E-state index contributed by atoms with van der Waals surface area (Å²) in [5, 5.41) is 35.5. The molecule has 7 nitrogen and oxygen atoms in total. The Balaban J connectivity index is 1.42. The summed E-state index contributed by atoms with van der Waals surface area (Å²) in [6, 6.07) is 7.19. The molecular weight excluding hydrogens is 578 g/mol. The minimum atomic E-state index is -0.641. The van der Waals surface area contributed by atoms with Crippen molar-refractivity contribution in [1.29, 1.82) is 0 Å². The molecular formula is C39H57NO6. The summed E-state index contributed by atoms with van der Waals surface area (Å²) in [5.41, 5.74) is 1.29. The van der Waals surface area contributed by atoms with Crippen molar-refractivity contribution in [2.24, 2.45) is 39.4 Å². The van der Waals surface area contributed by atoms with E-state index in [9.17, 15) is 24.9 Å². The van der Waals surface area contributed by atoms with Gasteiger partial charge in [-0.15, -0.1) is 0 Å². The van der Waals surface area contributed by atoms with E-state index in [1.807, 2.05) is 26.0 Å². The van der Waals surface area contributed by atoms with E-state index in [1.54, 1.807) is 19.1 Å². The van der Waals surface area contributed by atoms with Gasteiger partial charge in [-0.05, 0) is 105 Å². The molecule has 7 heteroatoms. The number of carbonyl (C=O) groups is 2. The maximum absolute atomic E-state index is 14.4. The van der Waals surface area contributed by atoms with Gasteiger partial charge in [-0.3, -0.25) is 9.59 Å². The molecule has 0 spiro atoms. The first-order chi connectivity index (χ1) is 21.3. The summed E-state index contributed by atoms with van der Waals surface area (Å²) in [6.45, 7) is 19.7. The second kappa shape index (κ2) is 11.0. The maximum atomic E-state index is 14.4. The van der Waals surface area contributed by atoms with Gasteiger partial charge in [-0.1, -0.05) is 59.2 Å². The number of phenols is 1. The Morgan fingerprint density at radius 3 is 2.30 bits per heavy atom. The first kappa shape index (κ1) is 33.8. The molecule has 11 atom stereocenters. The van der Waals surface area contributed by atoms with Crippen LogP contribution in [0.4, 0.5) is 0 Å². The van der Waals surface area contributed by atoms with Gasteiger partial charge in [-0.25, -0.2) is 0 Å². The average Bonchev–Trinajstić information content (AvgIpc) is 3.49. The second-order valence-corrected chi connectivity index (χ2v) is 17.7. The number of phenolic OH excluding ortho intramolecular Hbond substituents is 1. The minimum Gasteiger partial charge on any atom is -0.508 e. The van der Waals surface area contributed by atoms with Gasteiger partial charge in [0.2, 0.25) is 0 Å². The van der Waals surface area contributed by atoms with Crippen molar-refractivity contribution in [3.8, 4) is 5.75 Å². The summed E-state index contributed by atoms with van der Waals surface area (Å²) < 4.78 is 5.74. The zero-order valence-corrected chi connectivity index (χ0v) is 29.4. The van der Waals surface area contributed by atoms with Gasteiger partial charge in [0.15, 0.2) is 5.78 Å². The molecule has 0 amide bonds. The molecule has 4 fully saturated rings. The van der Waals surface area contributed by atoms with Crippen LogP contribution >= 0.6 is 0 Å². The lowest BCUT2D eigenvalue weighted by Gasteiger charge is -2.70. The molecule has 0 unspecified atom stereocenters. The molecule has 1 aromatic rings. The molecule has 0 bridgehead atoms. The van der Waals surface area contributed by atoms with E-state index < -0.39 is 17.6 Å². The Hall–Kier alpha value is -2.06. The molecule has 6 rings (SSSR count). The molecule has 4 N–H and O–H groups in total. The fraction of sp³-hybridized carbons (Fsp3) is 0.744. The van der Waals surface area contributed by atoms with Crippen LogP contribution in [0.2, 0.25) is 0 Å². The molecule has 5 aliphatic rings. The SMILES string of the molecule is C[C@H](O)CN[C@@H]1C[C@@]2(C)[C@H](CCC3=C([C@H](C)C[C@@H](O)[C@H]4OC4(C)C)C(=O)C[C@@]32C)[C@]2(C)C[C@@H](c3cccc(O)c3)C(=O)C(C)(C)[C@H]12.